The minimum Gasteiger partial charge on any atom is -0.364 e. The molecule has 17 heavy (non-hydrogen) atoms. The first-order chi connectivity index (χ1) is 8.09. The molecule has 0 aliphatic rings. The van der Waals surface area contributed by atoms with Gasteiger partial charge in [-0.3, -0.25) is 14.9 Å². The lowest BCUT2D eigenvalue weighted by atomic mass is 10.1. The van der Waals surface area contributed by atoms with Crippen molar-refractivity contribution in [2.75, 3.05) is 0 Å². The van der Waals surface area contributed by atoms with Gasteiger partial charge in [0.2, 0.25) is 0 Å². The third-order valence-electron chi connectivity index (χ3n) is 2.38. The zero-order valence-corrected chi connectivity index (χ0v) is 8.71. The van der Waals surface area contributed by atoms with Crippen LogP contribution < -0.4 is 5.73 Å². The van der Waals surface area contributed by atoms with Crippen molar-refractivity contribution in [2.45, 2.75) is 0 Å². The van der Waals surface area contributed by atoms with E-state index in [1.165, 1.54) is 12.1 Å². The molecule has 0 fully saturated rings. The Morgan fingerprint density at radius 1 is 1.24 bits per heavy atom. The van der Waals surface area contributed by atoms with Gasteiger partial charge in [0.1, 0.15) is 5.69 Å². The van der Waals surface area contributed by atoms with Gasteiger partial charge in [-0.15, -0.1) is 0 Å². The number of carbonyl (C=O) groups excluding carboxylic acids is 1. The molecule has 0 saturated carbocycles. The summed E-state index contributed by atoms with van der Waals surface area (Å²) >= 11 is 0. The number of nitrogens with one attached hydrogen (secondary N) is 1. The van der Waals surface area contributed by atoms with Gasteiger partial charge in [-0.1, -0.05) is 0 Å². The molecule has 0 unspecified atom stereocenters. The van der Waals surface area contributed by atoms with E-state index in [-0.39, 0.29) is 5.69 Å². The summed E-state index contributed by atoms with van der Waals surface area (Å²) in [7, 11) is 0. The van der Waals surface area contributed by atoms with Crippen LogP contribution in [0.1, 0.15) is 10.5 Å². The van der Waals surface area contributed by atoms with Crippen molar-refractivity contribution in [3.8, 4) is 11.1 Å². The SMILES string of the molecule is NC(=O)c1[nH]ccc1-c1ccc([N+](=O)[O-])cc1. The lowest BCUT2D eigenvalue weighted by molar-refractivity contribution is -0.384. The summed E-state index contributed by atoms with van der Waals surface area (Å²) in [6.07, 6.45) is 1.59. The van der Waals surface area contributed by atoms with E-state index in [9.17, 15) is 14.9 Å². The van der Waals surface area contributed by atoms with Crippen molar-refractivity contribution in [2.24, 2.45) is 5.73 Å². The van der Waals surface area contributed by atoms with E-state index in [1.54, 1.807) is 24.4 Å². The number of carbonyl (C=O) groups is 1. The molecule has 1 amide bonds. The predicted molar refractivity (Wildman–Crippen MR) is 61.4 cm³/mol. The minimum absolute atomic E-state index is 0.00455. The molecular formula is C11H9N3O3. The Balaban J connectivity index is 2.43. The second-order valence-electron chi connectivity index (χ2n) is 3.43. The van der Waals surface area contributed by atoms with Gasteiger partial charge in [-0.2, -0.15) is 0 Å². The summed E-state index contributed by atoms with van der Waals surface area (Å²) < 4.78 is 0. The van der Waals surface area contributed by atoms with E-state index < -0.39 is 10.8 Å². The van der Waals surface area contributed by atoms with Crippen molar-refractivity contribution in [3.63, 3.8) is 0 Å². The van der Waals surface area contributed by atoms with Crippen LogP contribution in [0, 0.1) is 10.1 Å². The molecule has 0 aliphatic carbocycles. The number of hydrogen-bond acceptors (Lipinski definition) is 3. The number of hydrogen-bond donors (Lipinski definition) is 2. The molecule has 0 bridgehead atoms. The van der Waals surface area contributed by atoms with Gasteiger partial charge in [-0.05, 0) is 23.8 Å². The van der Waals surface area contributed by atoms with Crippen LogP contribution in [0.5, 0.6) is 0 Å². The Morgan fingerprint density at radius 3 is 2.41 bits per heavy atom. The van der Waals surface area contributed by atoms with Crippen LogP contribution in [0.2, 0.25) is 0 Å². The predicted octanol–water partition coefficient (Wildman–Crippen LogP) is 1.69. The molecule has 0 radical (unpaired) electrons. The largest absolute Gasteiger partial charge is 0.364 e. The summed E-state index contributed by atoms with van der Waals surface area (Å²) in [4.78, 5) is 23.9. The highest BCUT2D eigenvalue weighted by Crippen LogP contribution is 2.24. The van der Waals surface area contributed by atoms with Crippen LogP contribution in [0.3, 0.4) is 0 Å². The highest BCUT2D eigenvalue weighted by molar-refractivity contribution is 5.98. The Hall–Kier alpha value is -2.63. The zero-order chi connectivity index (χ0) is 12.4. The first-order valence-electron chi connectivity index (χ1n) is 4.81. The number of benzene rings is 1. The lowest BCUT2D eigenvalue weighted by Crippen LogP contribution is -2.12. The molecule has 2 aromatic rings. The van der Waals surface area contributed by atoms with E-state index in [1.807, 2.05) is 0 Å². The number of aromatic amines is 1. The van der Waals surface area contributed by atoms with E-state index >= 15 is 0 Å². The maximum absolute atomic E-state index is 11.1. The monoisotopic (exact) mass is 231 g/mol. The van der Waals surface area contributed by atoms with Crippen LogP contribution in [0.4, 0.5) is 5.69 Å². The van der Waals surface area contributed by atoms with Gasteiger partial charge >= 0.3 is 0 Å². The molecule has 6 nitrogen and oxygen atoms in total. The van der Waals surface area contributed by atoms with E-state index in [0.29, 0.717) is 16.8 Å². The Morgan fingerprint density at radius 2 is 1.88 bits per heavy atom. The summed E-state index contributed by atoms with van der Waals surface area (Å²) in [5.41, 5.74) is 6.82. The molecule has 0 aliphatic heterocycles. The molecule has 86 valence electrons. The lowest BCUT2D eigenvalue weighted by Gasteiger charge is -2.00. The van der Waals surface area contributed by atoms with Gasteiger partial charge in [0, 0.05) is 23.9 Å². The van der Waals surface area contributed by atoms with Crippen molar-refractivity contribution in [3.05, 3.63) is 52.3 Å². The second kappa shape index (κ2) is 4.09. The third kappa shape index (κ3) is 2.00. The number of primary amides is 1. The standard InChI is InChI=1S/C11H9N3O3/c12-11(15)10-9(5-6-13-10)7-1-3-8(4-2-7)14(16)17/h1-6,13H,(H2,12,15). The van der Waals surface area contributed by atoms with Crippen molar-refractivity contribution in [1.29, 1.82) is 0 Å². The topological polar surface area (TPSA) is 102 Å². The van der Waals surface area contributed by atoms with Gasteiger partial charge < -0.3 is 10.7 Å². The summed E-state index contributed by atoms with van der Waals surface area (Å²) in [6, 6.07) is 7.61. The number of nitrogens with two attached hydrogens (primary N) is 1. The highest BCUT2D eigenvalue weighted by Gasteiger charge is 2.12. The number of non-ortho nitro benzene ring substituents is 1. The molecule has 0 saturated heterocycles. The number of nitrogens with zero attached hydrogens (tertiary/aromatic N) is 1. The molecule has 1 aromatic heterocycles. The summed E-state index contributed by atoms with van der Waals surface area (Å²) in [5.74, 6) is -0.566. The Bertz CT molecular complexity index is 572. The summed E-state index contributed by atoms with van der Waals surface area (Å²) in [6.45, 7) is 0. The molecule has 0 atom stereocenters. The first-order valence-corrected chi connectivity index (χ1v) is 4.81. The van der Waals surface area contributed by atoms with Crippen molar-refractivity contribution in [1.82, 2.24) is 4.98 Å². The van der Waals surface area contributed by atoms with Gasteiger partial charge in [0.15, 0.2) is 0 Å². The number of H-pyrrole nitrogens is 1. The van der Waals surface area contributed by atoms with E-state index in [0.717, 1.165) is 0 Å². The second-order valence-corrected chi connectivity index (χ2v) is 3.43. The molecule has 6 heteroatoms. The van der Waals surface area contributed by atoms with Crippen LogP contribution in [-0.4, -0.2) is 15.8 Å². The zero-order valence-electron chi connectivity index (χ0n) is 8.71. The van der Waals surface area contributed by atoms with Gasteiger partial charge in [-0.25, -0.2) is 0 Å². The van der Waals surface area contributed by atoms with E-state index in [2.05, 4.69) is 4.98 Å². The number of nitro groups is 1. The maximum Gasteiger partial charge on any atom is 0.269 e. The van der Waals surface area contributed by atoms with Crippen LogP contribution >= 0.6 is 0 Å². The minimum atomic E-state index is -0.566. The fourth-order valence-corrected chi connectivity index (χ4v) is 1.58. The molecular weight excluding hydrogens is 222 g/mol. The average molecular weight is 231 g/mol. The van der Waals surface area contributed by atoms with Gasteiger partial charge in [0.05, 0.1) is 4.92 Å². The third-order valence-corrected chi connectivity index (χ3v) is 2.38. The van der Waals surface area contributed by atoms with Crippen LogP contribution in [-0.2, 0) is 0 Å². The van der Waals surface area contributed by atoms with Crippen molar-refractivity contribution >= 4 is 11.6 Å². The Labute approximate surface area is 96.2 Å². The van der Waals surface area contributed by atoms with Crippen molar-refractivity contribution < 1.29 is 9.72 Å². The number of amides is 1. The smallest absolute Gasteiger partial charge is 0.269 e. The number of aromatic nitrogens is 1. The quantitative estimate of drug-likeness (QED) is 0.620. The molecule has 3 N–H and O–H groups in total. The summed E-state index contributed by atoms with van der Waals surface area (Å²) in [5, 5.41) is 10.5. The van der Waals surface area contributed by atoms with Crippen LogP contribution in [0.15, 0.2) is 36.5 Å². The Kier molecular flexibility index (Phi) is 2.61. The molecule has 0 spiro atoms. The fourth-order valence-electron chi connectivity index (χ4n) is 1.58. The van der Waals surface area contributed by atoms with Crippen LogP contribution in [0.25, 0.3) is 11.1 Å². The van der Waals surface area contributed by atoms with E-state index in [4.69, 9.17) is 5.73 Å². The normalized spacial score (nSPS) is 10.1. The fraction of sp³-hybridized carbons (Fsp3) is 0. The first kappa shape index (κ1) is 10.9. The average Bonchev–Trinajstić information content (AvgIpc) is 2.78. The molecule has 1 heterocycles. The maximum atomic E-state index is 11.1. The van der Waals surface area contributed by atoms with Gasteiger partial charge in [0.25, 0.3) is 11.6 Å². The molecule has 1 aromatic carbocycles. The highest BCUT2D eigenvalue weighted by atomic mass is 16.6. The number of rotatable bonds is 3. The number of nitro benzene ring substituents is 1. The molecule has 2 rings (SSSR count).